The number of esters is 1. The number of nitrogens with one attached hydrogen (secondary N) is 11. The largest absolute Gasteiger partial charge is 0.508 e. The summed E-state index contributed by atoms with van der Waals surface area (Å²) in [6, 6.07) is 3.20. The number of thiazole rings is 1. The van der Waals surface area contributed by atoms with Crippen LogP contribution in [0.4, 0.5) is 14.4 Å². The molecule has 16 N–H and O–H groups in total. The third-order valence-corrected chi connectivity index (χ3v) is 21.6. The monoisotopic (exact) mass is 1640 g/mol. The predicted octanol–water partition coefficient (Wildman–Crippen LogP) is 4.32. The molecule has 0 saturated carbocycles. The van der Waals surface area contributed by atoms with Crippen molar-refractivity contribution in [1.29, 1.82) is 0 Å². The van der Waals surface area contributed by atoms with Crippen LogP contribution in [0.2, 0.25) is 0 Å². The second-order valence-electron chi connectivity index (χ2n) is 27.8. The van der Waals surface area contributed by atoms with Gasteiger partial charge in [0.05, 0.1) is 23.9 Å². The zero-order chi connectivity index (χ0) is 83.7. The minimum absolute atomic E-state index is 0.0188. The third kappa shape index (κ3) is 36.6. The number of unbranched alkanes of at least 4 members (excludes halogenated alkanes) is 2. The number of hydrogen-bond donors (Lipinski definition) is 16. The second-order valence-corrected chi connectivity index (χ2v) is 31.4. The molecule has 1 aliphatic heterocycles. The van der Waals surface area contributed by atoms with Crippen LogP contribution in [-0.4, -0.2) is 230 Å². The summed E-state index contributed by atoms with van der Waals surface area (Å²) in [7, 11) is 3.98. The molecule has 4 rings (SSSR count). The lowest BCUT2D eigenvalue weighted by molar-refractivity contribution is -0.159. The van der Waals surface area contributed by atoms with Crippen LogP contribution in [0.15, 0.2) is 53.9 Å². The number of nitrogens with zero attached hydrogens (tertiary/aromatic N) is 3. The number of carbonyl (C=O) groups is 15. The van der Waals surface area contributed by atoms with Crippen LogP contribution in [0.3, 0.4) is 0 Å². The van der Waals surface area contributed by atoms with Crippen LogP contribution in [0, 0.1) is 17.8 Å². The first kappa shape index (κ1) is 95.4. The number of carboxylic acid groups (broad SMARTS) is 4. The highest BCUT2D eigenvalue weighted by molar-refractivity contribution is 8.76. The van der Waals surface area contributed by atoms with Gasteiger partial charge < -0.3 is 87.8 Å². The molecule has 3 aromatic rings. The molecule has 626 valence electrons. The Labute approximate surface area is 668 Å². The van der Waals surface area contributed by atoms with Gasteiger partial charge in [0.1, 0.15) is 48.3 Å². The lowest BCUT2D eigenvalue weighted by atomic mass is 9.93. The van der Waals surface area contributed by atoms with Crippen LogP contribution < -0.4 is 58.7 Å². The number of hydrogen-bond acceptors (Lipinski definition) is 23. The van der Waals surface area contributed by atoms with Gasteiger partial charge in [0.25, 0.3) is 5.91 Å². The zero-order valence-corrected chi connectivity index (χ0v) is 67.4. The number of piperidine rings is 1. The molecule has 36 nitrogen and oxygen atoms in total. The number of carbonyl (C=O) groups excluding carboxylic acids is 11. The van der Waals surface area contributed by atoms with Crippen LogP contribution in [0.5, 0.6) is 5.75 Å². The minimum atomic E-state index is -1.65. The smallest absolute Gasteiger partial charge is 0.426 e. The van der Waals surface area contributed by atoms with Crippen molar-refractivity contribution in [1.82, 2.24) is 73.5 Å². The lowest BCUT2D eigenvalue weighted by Crippen LogP contribution is -2.59. The first-order chi connectivity index (χ1) is 53.7. The van der Waals surface area contributed by atoms with Gasteiger partial charge in [0.2, 0.25) is 35.4 Å². The highest BCUT2D eigenvalue weighted by Crippen LogP contribution is 2.26. The SMILES string of the molecule is CCCC(=O)OCN(C(=O)[C@@H](NC(=O)[C@H]1CCCCN1C)C(C)CC)[C@H](CCc1nc(C(=O)N[C@@H](Cc2ccc(O)cc2)C[C@H](C)C(=O)NNC(=O)OCCSSC[C@@H](NC(=O)[C@H](C)NC(=O)[C@H](CC(=O)O)NC(=O)Cc2ccc(CNC(=O)NCCCCCNC(=O)N[C@@H](CCC(=O)O)C(=O)O)cc2)C(=O)O)cs1)C(C)C. The summed E-state index contributed by atoms with van der Waals surface area (Å²) < 4.78 is 10.9. The van der Waals surface area contributed by atoms with E-state index in [9.17, 15) is 92.3 Å². The number of likely N-dealkylation sites (N-methyl/N-ethyl adjacent to an activating group) is 1. The average molecular weight is 1640 g/mol. The van der Waals surface area contributed by atoms with Crippen LogP contribution >= 0.6 is 32.9 Å². The van der Waals surface area contributed by atoms with Crippen molar-refractivity contribution in [3.63, 3.8) is 0 Å². The molecular formula is C74H110N14O22S3. The third-order valence-electron chi connectivity index (χ3n) is 18.3. The summed E-state index contributed by atoms with van der Waals surface area (Å²) in [6.07, 6.45) is 3.60. The van der Waals surface area contributed by atoms with Crippen molar-refractivity contribution in [2.24, 2.45) is 17.8 Å². The Morgan fingerprint density at radius 2 is 1.34 bits per heavy atom. The van der Waals surface area contributed by atoms with E-state index in [2.05, 4.69) is 63.7 Å². The number of aliphatic carboxylic acids is 4. The molecule has 0 bridgehead atoms. The number of amides is 12. The van der Waals surface area contributed by atoms with Gasteiger partial charge in [0.15, 0.2) is 6.73 Å². The standard InChI is InChI=1S/C74H110N14O22S3/c1-9-16-62(95)110-42-88(69(101)63(44(5)10-2)84-68(100)57-17-12-15-32-87(57)8)56(43(3)4)27-28-59-81-54(40-111-59)67(99)79-50(36-47-22-24-51(89)25-23-47)35-45(6)64(96)85-86-74(108)109-33-34-112-113-41-55(71(104)105)82-65(97)46(7)78-66(98)53(38-61(93)94)80-58(90)37-48-18-20-49(21-19-48)39-77-72(106)75-30-13-11-14-31-76-73(107)83-52(70(102)103)26-29-60(91)92/h18-25,40,43-46,50,52-53,55-57,63,89H,9-17,26-39,41-42H2,1-8H3,(H,78,98)(H,79,99)(H,80,90)(H,82,97)(H,84,100)(H,85,96)(H,86,108)(H,91,92)(H,93,94)(H,102,103)(H,104,105)(H2,75,77,106)(H2,76,83,107)/t44?,45-,46-,50+,52-,53-,55+,56+,57+,63-/m0/s1. The minimum Gasteiger partial charge on any atom is -0.508 e. The van der Waals surface area contributed by atoms with Gasteiger partial charge in [-0.3, -0.25) is 58.3 Å². The Bertz CT molecular complexity index is 3650. The number of aromatic nitrogens is 1. The normalized spacial score (nSPS) is 15.0. The summed E-state index contributed by atoms with van der Waals surface area (Å²) in [6.45, 7) is 13.3. The van der Waals surface area contributed by atoms with Gasteiger partial charge in [-0.05, 0) is 125 Å². The fourth-order valence-electron chi connectivity index (χ4n) is 11.7. The summed E-state index contributed by atoms with van der Waals surface area (Å²) in [5.74, 6) is -11.7. The molecular weight excluding hydrogens is 1530 g/mol. The summed E-state index contributed by atoms with van der Waals surface area (Å²) in [4.78, 5) is 200. The Morgan fingerprint density at radius 3 is 1.96 bits per heavy atom. The van der Waals surface area contributed by atoms with Gasteiger partial charge in [-0.2, -0.15) is 0 Å². The van der Waals surface area contributed by atoms with Crippen molar-refractivity contribution >= 4 is 122 Å². The number of urea groups is 2. The van der Waals surface area contributed by atoms with Gasteiger partial charge in [-0.15, -0.1) is 11.3 Å². The summed E-state index contributed by atoms with van der Waals surface area (Å²) >= 11 is 1.25. The van der Waals surface area contributed by atoms with E-state index in [1.165, 1.54) is 30.4 Å². The Balaban J connectivity index is 1.20. The Hall–Kier alpha value is -10.0. The van der Waals surface area contributed by atoms with E-state index in [-0.39, 0.29) is 111 Å². The first-order valence-corrected chi connectivity index (χ1v) is 40.9. The number of carboxylic acids is 4. The fraction of sp³-hybridized carbons (Fsp3) is 0.595. The van der Waals surface area contributed by atoms with Gasteiger partial charge >= 0.3 is 48.0 Å². The van der Waals surface area contributed by atoms with E-state index in [0.29, 0.717) is 74.0 Å². The number of benzene rings is 2. The predicted molar refractivity (Wildman–Crippen MR) is 418 cm³/mol. The number of phenols is 1. The number of hydrazine groups is 1. The molecule has 0 spiro atoms. The van der Waals surface area contributed by atoms with E-state index in [1.54, 1.807) is 53.6 Å². The first-order valence-electron chi connectivity index (χ1n) is 37.6. The topological polar surface area (TPSA) is 527 Å². The fourth-order valence-corrected chi connectivity index (χ4v) is 14.5. The quantitative estimate of drug-likeness (QED) is 0.0123. The molecule has 12 amide bonds. The molecule has 1 aliphatic rings. The number of likely N-dealkylation sites (tertiary alicyclic amines) is 1. The molecule has 2 aromatic carbocycles. The Kier molecular flexibility index (Phi) is 42.9. The van der Waals surface area contributed by atoms with Gasteiger partial charge in [-0.1, -0.05) is 112 Å². The van der Waals surface area contributed by atoms with Crippen LogP contribution in [0.1, 0.15) is 171 Å². The molecule has 1 unspecified atom stereocenters. The molecule has 113 heavy (non-hydrogen) atoms. The highest BCUT2D eigenvalue weighted by atomic mass is 33.1. The van der Waals surface area contributed by atoms with Crippen LogP contribution in [0.25, 0.3) is 0 Å². The molecule has 1 aromatic heterocycles. The molecule has 1 saturated heterocycles. The number of phenolic OH excluding ortho intramolecular Hbond substituents is 1. The number of aromatic hydroxyl groups is 1. The Morgan fingerprint density at radius 1 is 0.673 bits per heavy atom. The van der Waals surface area contributed by atoms with E-state index in [4.69, 9.17) is 14.6 Å². The summed E-state index contributed by atoms with van der Waals surface area (Å²) in [5, 5.41) is 72.7. The maximum atomic E-state index is 14.8. The van der Waals surface area contributed by atoms with E-state index in [0.717, 1.165) is 46.5 Å². The summed E-state index contributed by atoms with van der Waals surface area (Å²) in [5.41, 5.74) is 6.44. The van der Waals surface area contributed by atoms with Crippen molar-refractivity contribution in [2.45, 2.75) is 212 Å². The average Bonchev–Trinajstić information content (AvgIpc) is 1.35. The molecule has 2 heterocycles. The van der Waals surface area contributed by atoms with Gasteiger partial charge in [-0.25, -0.2) is 34.4 Å². The van der Waals surface area contributed by atoms with E-state index >= 15 is 0 Å². The highest BCUT2D eigenvalue weighted by Gasteiger charge is 2.38. The molecule has 0 radical (unpaired) electrons. The van der Waals surface area contributed by atoms with E-state index in [1.807, 2.05) is 46.6 Å². The number of ether oxygens (including phenoxy) is 2. The van der Waals surface area contributed by atoms with Crippen LogP contribution in [-0.2, 0) is 88.0 Å². The second kappa shape index (κ2) is 50.9. The molecule has 39 heteroatoms. The zero-order valence-electron chi connectivity index (χ0n) is 65.0. The van der Waals surface area contributed by atoms with E-state index < -0.39 is 139 Å². The lowest BCUT2D eigenvalue weighted by Gasteiger charge is -2.39. The van der Waals surface area contributed by atoms with Crippen molar-refractivity contribution in [3.05, 3.63) is 81.3 Å². The maximum Gasteiger partial charge on any atom is 0.426 e. The number of rotatable bonds is 50. The molecule has 1 fully saturated rings. The van der Waals surface area contributed by atoms with Crippen molar-refractivity contribution in [3.8, 4) is 5.75 Å². The van der Waals surface area contributed by atoms with Gasteiger partial charge in [0, 0.05) is 73.8 Å². The maximum absolute atomic E-state index is 14.8. The van der Waals surface area contributed by atoms with Crippen molar-refractivity contribution < 1.29 is 107 Å². The van der Waals surface area contributed by atoms with Crippen molar-refractivity contribution in [2.75, 3.05) is 51.5 Å². The molecule has 10 atom stereocenters. The molecule has 0 aliphatic carbocycles. The number of aryl methyl sites for hydroxylation is 1.